The Morgan fingerprint density at radius 3 is 2.85 bits per heavy atom. The molecule has 3 aliphatic carbocycles. The normalized spacial score (nSPS) is 40.9. The van der Waals surface area contributed by atoms with Gasteiger partial charge < -0.3 is 14.9 Å². The van der Waals surface area contributed by atoms with E-state index in [1.807, 2.05) is 0 Å². The van der Waals surface area contributed by atoms with Gasteiger partial charge in [0.25, 0.3) is 0 Å². The number of hydrogen-bond donors (Lipinski definition) is 2. The Balaban J connectivity index is 1.72. The largest absolute Gasteiger partial charge is 0.497 e. The fraction of sp³-hybridized carbons (Fsp3) is 0.682. The molecule has 0 unspecified atom stereocenters. The lowest BCUT2D eigenvalue weighted by atomic mass is 9.51. The molecule has 1 aromatic rings. The van der Waals surface area contributed by atoms with E-state index in [1.165, 1.54) is 11.1 Å². The van der Waals surface area contributed by atoms with Crippen molar-refractivity contribution in [1.82, 2.24) is 0 Å². The Morgan fingerprint density at radius 1 is 1.35 bits per heavy atom. The van der Waals surface area contributed by atoms with Crippen molar-refractivity contribution in [1.29, 1.82) is 5.26 Å². The van der Waals surface area contributed by atoms with Gasteiger partial charge in [-0.3, -0.25) is 0 Å². The second-order valence-corrected chi connectivity index (χ2v) is 8.54. The van der Waals surface area contributed by atoms with E-state index in [4.69, 9.17) is 4.74 Å². The lowest BCUT2D eigenvalue weighted by Gasteiger charge is -2.54. The van der Waals surface area contributed by atoms with Crippen molar-refractivity contribution in [2.45, 2.75) is 69.5 Å². The zero-order valence-corrected chi connectivity index (χ0v) is 15.7. The molecule has 2 N–H and O–H groups in total. The highest BCUT2D eigenvalue weighted by molar-refractivity contribution is 5.41. The van der Waals surface area contributed by atoms with Crippen molar-refractivity contribution in [2.75, 3.05) is 7.11 Å². The molecule has 4 heteroatoms. The molecule has 0 aliphatic heterocycles. The lowest BCUT2D eigenvalue weighted by molar-refractivity contribution is -0.148. The quantitative estimate of drug-likeness (QED) is 0.869. The minimum absolute atomic E-state index is 0.0314. The fourth-order valence-electron chi connectivity index (χ4n) is 6.77. The van der Waals surface area contributed by atoms with Crippen LogP contribution in [0.15, 0.2) is 18.2 Å². The van der Waals surface area contributed by atoms with Crippen LogP contribution in [0.4, 0.5) is 0 Å². The van der Waals surface area contributed by atoms with E-state index in [9.17, 15) is 15.5 Å². The molecule has 0 saturated heterocycles. The van der Waals surface area contributed by atoms with Gasteiger partial charge in [-0.2, -0.15) is 5.26 Å². The Kier molecular flexibility index (Phi) is 4.28. The van der Waals surface area contributed by atoms with Gasteiger partial charge in [0, 0.05) is 5.41 Å². The first-order valence-electron chi connectivity index (χ1n) is 9.95. The highest BCUT2D eigenvalue weighted by Gasteiger charge is 2.66. The predicted molar refractivity (Wildman–Crippen MR) is 98.8 cm³/mol. The first kappa shape index (κ1) is 17.8. The summed E-state index contributed by atoms with van der Waals surface area (Å²) in [5.74, 6) is 2.17. The van der Waals surface area contributed by atoms with Crippen LogP contribution in [0.3, 0.4) is 0 Å². The summed E-state index contributed by atoms with van der Waals surface area (Å²) in [5, 5.41) is 31.4. The predicted octanol–water partition coefficient (Wildman–Crippen LogP) is 3.56. The van der Waals surface area contributed by atoms with Gasteiger partial charge in [0.15, 0.2) is 0 Å². The van der Waals surface area contributed by atoms with Crippen molar-refractivity contribution >= 4 is 0 Å². The number of methoxy groups -OCH3 is 1. The third-order valence-electron chi connectivity index (χ3n) is 8.01. The van der Waals surface area contributed by atoms with Crippen LogP contribution < -0.4 is 4.74 Å². The molecule has 0 heterocycles. The maximum Gasteiger partial charge on any atom is 0.119 e. The molecule has 2 fully saturated rings. The minimum atomic E-state index is -1.26. The number of hydrogen-bond acceptors (Lipinski definition) is 4. The number of ether oxygens (including phenoxy) is 1. The number of aliphatic hydroxyl groups excluding tert-OH is 1. The lowest BCUT2D eigenvalue weighted by Crippen LogP contribution is -2.55. The average Bonchev–Trinajstić information content (AvgIpc) is 2.89. The number of benzene rings is 1. The second-order valence-electron chi connectivity index (χ2n) is 8.54. The summed E-state index contributed by atoms with van der Waals surface area (Å²) in [6.45, 7) is 2.12. The Bertz CT molecular complexity index is 741. The highest BCUT2D eigenvalue weighted by Crippen LogP contribution is 2.66. The van der Waals surface area contributed by atoms with E-state index < -0.39 is 11.7 Å². The van der Waals surface area contributed by atoms with E-state index in [0.29, 0.717) is 18.3 Å². The molecule has 0 radical (unpaired) electrons. The van der Waals surface area contributed by atoms with E-state index in [0.717, 1.165) is 37.9 Å². The van der Waals surface area contributed by atoms with Gasteiger partial charge in [-0.25, -0.2) is 0 Å². The van der Waals surface area contributed by atoms with Gasteiger partial charge >= 0.3 is 0 Å². The van der Waals surface area contributed by atoms with Gasteiger partial charge in [-0.1, -0.05) is 13.0 Å². The fourth-order valence-corrected chi connectivity index (χ4v) is 6.77. The smallest absolute Gasteiger partial charge is 0.119 e. The first-order chi connectivity index (χ1) is 12.5. The summed E-state index contributed by atoms with van der Waals surface area (Å²) in [7, 11) is 1.71. The zero-order valence-electron chi connectivity index (χ0n) is 15.7. The molecular formula is C22H29NO3. The SMILES string of the molecule is CC[C@]12CC[C@@H]3c4ccc(OC)cc4CC[C@H]3[C@@H]1C[C@@H](O)[C@]2(O)CC#N. The maximum atomic E-state index is 11.4. The van der Waals surface area contributed by atoms with Crippen LogP contribution in [-0.2, 0) is 6.42 Å². The summed E-state index contributed by atoms with van der Waals surface area (Å²) >= 11 is 0. The highest BCUT2D eigenvalue weighted by atomic mass is 16.5. The van der Waals surface area contributed by atoms with E-state index in [-0.39, 0.29) is 17.8 Å². The van der Waals surface area contributed by atoms with Crippen LogP contribution in [0.2, 0.25) is 0 Å². The van der Waals surface area contributed by atoms with Crippen LogP contribution in [-0.4, -0.2) is 29.0 Å². The number of aliphatic hydroxyl groups is 2. The molecule has 0 spiro atoms. The Hall–Kier alpha value is -1.57. The third-order valence-corrected chi connectivity index (χ3v) is 8.01. The van der Waals surface area contributed by atoms with Crippen LogP contribution >= 0.6 is 0 Å². The summed E-state index contributed by atoms with van der Waals surface area (Å²) < 4.78 is 5.39. The molecule has 0 amide bonds. The number of aryl methyl sites for hydroxylation is 1. The van der Waals surface area contributed by atoms with Gasteiger partial charge in [-0.15, -0.1) is 0 Å². The summed E-state index contributed by atoms with van der Waals surface area (Å²) in [4.78, 5) is 0. The number of nitrogens with zero attached hydrogens (tertiary/aromatic N) is 1. The van der Waals surface area contributed by atoms with Crippen molar-refractivity contribution in [3.63, 3.8) is 0 Å². The molecule has 26 heavy (non-hydrogen) atoms. The molecule has 2 saturated carbocycles. The molecule has 3 aliphatic rings. The van der Waals surface area contributed by atoms with Gasteiger partial charge in [-0.05, 0) is 79.5 Å². The molecule has 4 rings (SSSR count). The van der Waals surface area contributed by atoms with E-state index in [1.54, 1.807) is 7.11 Å². The topological polar surface area (TPSA) is 73.5 Å². The van der Waals surface area contributed by atoms with Crippen molar-refractivity contribution < 1.29 is 14.9 Å². The first-order valence-corrected chi connectivity index (χ1v) is 9.95. The van der Waals surface area contributed by atoms with E-state index in [2.05, 4.69) is 31.2 Å². The summed E-state index contributed by atoms with van der Waals surface area (Å²) in [6, 6.07) is 8.59. The molecule has 1 aromatic carbocycles. The number of nitriles is 1. The monoisotopic (exact) mass is 355 g/mol. The Labute approximate surface area is 155 Å². The van der Waals surface area contributed by atoms with Crippen LogP contribution in [0.1, 0.15) is 62.5 Å². The molecule has 140 valence electrons. The number of rotatable bonds is 3. The second kappa shape index (κ2) is 6.25. The maximum absolute atomic E-state index is 11.4. The minimum Gasteiger partial charge on any atom is -0.497 e. The standard InChI is InChI=1S/C22H29NO3/c1-3-21-9-8-17-16-7-5-15(26-2)12-14(16)4-6-18(17)19(21)13-20(24)22(21,25)10-11-23/h5,7,12,17-20,24-25H,3-4,6,8-10,13H2,1-2H3/t17-,18-,19+,20-,21+,22-/m1/s1. The summed E-state index contributed by atoms with van der Waals surface area (Å²) in [5.41, 5.74) is 1.23. The van der Waals surface area contributed by atoms with Crippen molar-refractivity contribution in [2.24, 2.45) is 17.3 Å². The molecule has 6 atom stereocenters. The van der Waals surface area contributed by atoms with Gasteiger partial charge in [0.2, 0.25) is 0 Å². The van der Waals surface area contributed by atoms with Crippen molar-refractivity contribution in [3.05, 3.63) is 29.3 Å². The third kappa shape index (κ3) is 2.20. The van der Waals surface area contributed by atoms with Gasteiger partial charge in [0.1, 0.15) is 11.4 Å². The number of fused-ring (bicyclic) bond motifs is 5. The van der Waals surface area contributed by atoms with Gasteiger partial charge in [0.05, 0.1) is 25.7 Å². The van der Waals surface area contributed by atoms with Crippen LogP contribution in [0.5, 0.6) is 5.75 Å². The van der Waals surface area contributed by atoms with E-state index >= 15 is 0 Å². The zero-order chi connectivity index (χ0) is 18.5. The molecule has 0 aromatic heterocycles. The van der Waals surface area contributed by atoms with Crippen LogP contribution in [0, 0.1) is 28.6 Å². The van der Waals surface area contributed by atoms with Crippen LogP contribution in [0.25, 0.3) is 0 Å². The molecule has 4 nitrogen and oxygen atoms in total. The summed E-state index contributed by atoms with van der Waals surface area (Å²) in [6.07, 6.45) is 4.71. The van der Waals surface area contributed by atoms with Crippen molar-refractivity contribution in [3.8, 4) is 11.8 Å². The Morgan fingerprint density at radius 2 is 2.15 bits per heavy atom. The molecule has 0 bridgehead atoms. The average molecular weight is 355 g/mol. The molecular weight excluding hydrogens is 326 g/mol.